The van der Waals surface area contributed by atoms with Gasteiger partial charge in [-0.05, 0) is 0 Å². The van der Waals surface area contributed by atoms with Gasteiger partial charge in [-0.1, -0.05) is 11.3 Å². The van der Waals surface area contributed by atoms with E-state index < -0.39 is 0 Å². The van der Waals surface area contributed by atoms with Gasteiger partial charge in [0.15, 0.2) is 0 Å². The van der Waals surface area contributed by atoms with Gasteiger partial charge in [0.1, 0.15) is 0 Å². The van der Waals surface area contributed by atoms with Crippen LogP contribution in [0.5, 0.6) is 0 Å². The zero-order valence-corrected chi connectivity index (χ0v) is 12.9. The lowest BCUT2D eigenvalue weighted by atomic mass is 10.2. The van der Waals surface area contributed by atoms with Crippen molar-refractivity contribution >= 4 is 17.3 Å². The average Bonchev–Trinajstić information content (AvgIpc) is 2.81. The number of aromatic amines is 1. The summed E-state index contributed by atoms with van der Waals surface area (Å²) in [6.45, 7) is 5.16. The molecule has 2 N–H and O–H groups in total. The SMILES string of the molecule is COC(=O)Cc1[nH]c(=O)sc1CN1CCN(CCO)CC1. The summed E-state index contributed by atoms with van der Waals surface area (Å²) in [4.78, 5) is 30.8. The van der Waals surface area contributed by atoms with Gasteiger partial charge in [0.25, 0.3) is 0 Å². The Morgan fingerprint density at radius 3 is 2.62 bits per heavy atom. The minimum Gasteiger partial charge on any atom is -0.469 e. The van der Waals surface area contributed by atoms with E-state index in [1.54, 1.807) is 0 Å². The van der Waals surface area contributed by atoms with Crippen molar-refractivity contribution in [3.63, 3.8) is 0 Å². The molecule has 2 rings (SSSR count). The van der Waals surface area contributed by atoms with Crippen molar-refractivity contribution in [1.82, 2.24) is 14.8 Å². The molecule has 7 nitrogen and oxygen atoms in total. The standard InChI is InChI=1S/C13H21N3O4S/c1-20-12(18)8-10-11(21-13(19)14-10)9-16-4-2-15(3-5-16)6-7-17/h17H,2-9H2,1H3,(H,14,19). The lowest BCUT2D eigenvalue weighted by molar-refractivity contribution is -0.139. The van der Waals surface area contributed by atoms with Crippen LogP contribution in [0.25, 0.3) is 0 Å². The van der Waals surface area contributed by atoms with Gasteiger partial charge in [-0.2, -0.15) is 0 Å². The van der Waals surface area contributed by atoms with Crippen LogP contribution < -0.4 is 4.87 Å². The highest BCUT2D eigenvalue weighted by molar-refractivity contribution is 7.09. The number of β-amino-alcohol motifs (C(OH)–C–C–N with tert-alkyl or cyclic N) is 1. The van der Waals surface area contributed by atoms with Crippen LogP contribution in [0.2, 0.25) is 0 Å². The Morgan fingerprint density at radius 2 is 2.00 bits per heavy atom. The number of piperazine rings is 1. The molecule has 0 bridgehead atoms. The van der Waals surface area contributed by atoms with Crippen molar-refractivity contribution in [3.05, 3.63) is 20.2 Å². The van der Waals surface area contributed by atoms with Crippen LogP contribution in [0.1, 0.15) is 10.6 Å². The summed E-state index contributed by atoms with van der Waals surface area (Å²) < 4.78 is 4.65. The van der Waals surface area contributed by atoms with E-state index in [2.05, 4.69) is 19.5 Å². The molecule has 0 unspecified atom stereocenters. The number of aliphatic hydroxyl groups excluding tert-OH is 1. The van der Waals surface area contributed by atoms with Gasteiger partial charge in [0, 0.05) is 49.8 Å². The predicted molar refractivity (Wildman–Crippen MR) is 79.5 cm³/mol. The number of H-pyrrole nitrogens is 1. The molecule has 0 radical (unpaired) electrons. The van der Waals surface area contributed by atoms with Crippen LogP contribution in [-0.2, 0) is 22.5 Å². The first-order valence-corrected chi connectivity index (χ1v) is 7.77. The summed E-state index contributed by atoms with van der Waals surface area (Å²) >= 11 is 1.16. The van der Waals surface area contributed by atoms with Crippen molar-refractivity contribution in [2.45, 2.75) is 13.0 Å². The molecule has 1 aliphatic heterocycles. The maximum absolute atomic E-state index is 11.5. The normalized spacial score (nSPS) is 17.0. The van der Waals surface area contributed by atoms with Gasteiger partial charge >= 0.3 is 10.8 Å². The van der Waals surface area contributed by atoms with Crippen LogP contribution in [0.4, 0.5) is 0 Å². The lowest BCUT2D eigenvalue weighted by Gasteiger charge is -2.34. The van der Waals surface area contributed by atoms with E-state index in [1.165, 1.54) is 7.11 Å². The molecule has 0 saturated carbocycles. The third-order valence-corrected chi connectivity index (χ3v) is 4.51. The summed E-state index contributed by atoms with van der Waals surface area (Å²) in [6.07, 6.45) is 0.106. The van der Waals surface area contributed by atoms with Crippen LogP contribution in [-0.4, -0.2) is 72.3 Å². The lowest BCUT2D eigenvalue weighted by Crippen LogP contribution is -2.46. The molecule has 2 heterocycles. The highest BCUT2D eigenvalue weighted by Gasteiger charge is 2.20. The summed E-state index contributed by atoms with van der Waals surface area (Å²) in [6, 6.07) is 0. The second-order valence-corrected chi connectivity index (χ2v) is 6.08. The molecule has 1 saturated heterocycles. The van der Waals surface area contributed by atoms with Crippen molar-refractivity contribution in [2.75, 3.05) is 46.4 Å². The van der Waals surface area contributed by atoms with Crippen molar-refractivity contribution < 1.29 is 14.6 Å². The van der Waals surface area contributed by atoms with Gasteiger partial charge in [-0.3, -0.25) is 19.4 Å². The van der Waals surface area contributed by atoms with E-state index in [9.17, 15) is 9.59 Å². The molecule has 1 aromatic rings. The Bertz CT molecular complexity index is 520. The second-order valence-electron chi connectivity index (χ2n) is 5.01. The molecule has 118 valence electrons. The number of ether oxygens (including phenoxy) is 1. The molecule has 0 aliphatic carbocycles. The van der Waals surface area contributed by atoms with Gasteiger partial charge < -0.3 is 14.8 Å². The Balaban J connectivity index is 1.94. The Labute approximate surface area is 127 Å². The third-order valence-electron chi connectivity index (χ3n) is 3.60. The molecule has 1 aliphatic rings. The number of hydrogen-bond acceptors (Lipinski definition) is 7. The molecule has 1 fully saturated rings. The maximum atomic E-state index is 11.5. The first kappa shape index (κ1) is 16.2. The summed E-state index contributed by atoms with van der Waals surface area (Å²) in [5, 5.41) is 8.93. The monoisotopic (exact) mass is 315 g/mol. The quantitative estimate of drug-likeness (QED) is 0.673. The number of nitrogens with one attached hydrogen (secondary N) is 1. The zero-order valence-electron chi connectivity index (χ0n) is 12.1. The van der Waals surface area contributed by atoms with Gasteiger partial charge in [-0.15, -0.1) is 0 Å². The molecular formula is C13H21N3O4S. The van der Waals surface area contributed by atoms with Gasteiger partial charge in [-0.25, -0.2) is 0 Å². The Morgan fingerprint density at radius 1 is 1.33 bits per heavy atom. The van der Waals surface area contributed by atoms with Gasteiger partial charge in [0.2, 0.25) is 0 Å². The van der Waals surface area contributed by atoms with Gasteiger partial charge in [0.05, 0.1) is 20.1 Å². The third kappa shape index (κ3) is 4.63. The first-order valence-electron chi connectivity index (χ1n) is 6.95. The van der Waals surface area contributed by atoms with Crippen LogP contribution >= 0.6 is 11.3 Å². The van der Waals surface area contributed by atoms with E-state index in [0.717, 1.165) is 42.4 Å². The number of rotatable bonds is 6. The van der Waals surface area contributed by atoms with E-state index in [0.29, 0.717) is 18.8 Å². The molecule has 21 heavy (non-hydrogen) atoms. The fourth-order valence-electron chi connectivity index (χ4n) is 2.39. The fraction of sp³-hybridized carbons (Fsp3) is 0.692. The number of esters is 1. The van der Waals surface area contributed by atoms with E-state index in [1.807, 2.05) is 0 Å². The number of thiazole rings is 1. The summed E-state index contributed by atoms with van der Waals surface area (Å²) in [7, 11) is 1.34. The molecule has 0 aromatic carbocycles. The van der Waals surface area contributed by atoms with Crippen LogP contribution in [0, 0.1) is 0 Å². The Hall–Kier alpha value is -1.22. The molecular weight excluding hydrogens is 294 g/mol. The summed E-state index contributed by atoms with van der Waals surface area (Å²) in [5.41, 5.74) is 0.662. The number of aliphatic hydroxyl groups is 1. The predicted octanol–water partition coefficient (Wildman–Crippen LogP) is -0.738. The number of methoxy groups -OCH3 is 1. The molecule has 1 aromatic heterocycles. The number of carbonyl (C=O) groups is 1. The smallest absolute Gasteiger partial charge is 0.311 e. The van der Waals surface area contributed by atoms with Crippen molar-refractivity contribution in [1.29, 1.82) is 0 Å². The molecule has 0 atom stereocenters. The van der Waals surface area contributed by atoms with Crippen LogP contribution in [0.3, 0.4) is 0 Å². The zero-order chi connectivity index (χ0) is 15.2. The number of nitrogens with zero attached hydrogens (tertiary/aromatic N) is 2. The van der Waals surface area contributed by atoms with Crippen molar-refractivity contribution in [3.8, 4) is 0 Å². The first-order chi connectivity index (χ1) is 10.1. The van der Waals surface area contributed by atoms with E-state index >= 15 is 0 Å². The number of aromatic nitrogens is 1. The Kier molecular flexibility index (Phi) is 5.92. The van der Waals surface area contributed by atoms with E-state index in [-0.39, 0.29) is 23.9 Å². The van der Waals surface area contributed by atoms with E-state index in [4.69, 9.17) is 5.11 Å². The molecule has 8 heteroatoms. The maximum Gasteiger partial charge on any atom is 0.311 e. The minimum atomic E-state index is -0.349. The second kappa shape index (κ2) is 7.69. The molecule has 0 amide bonds. The topological polar surface area (TPSA) is 85.9 Å². The minimum absolute atomic E-state index is 0.106. The average molecular weight is 315 g/mol. The van der Waals surface area contributed by atoms with Crippen LogP contribution in [0.15, 0.2) is 4.79 Å². The van der Waals surface area contributed by atoms with Crippen molar-refractivity contribution in [2.24, 2.45) is 0 Å². The highest BCUT2D eigenvalue weighted by atomic mass is 32.1. The summed E-state index contributed by atoms with van der Waals surface area (Å²) in [5.74, 6) is -0.349. The molecule has 0 spiro atoms. The largest absolute Gasteiger partial charge is 0.469 e. The number of hydrogen-bond donors (Lipinski definition) is 2. The fourth-order valence-corrected chi connectivity index (χ4v) is 3.29. The number of carbonyl (C=O) groups excluding carboxylic acids is 1. The highest BCUT2D eigenvalue weighted by Crippen LogP contribution is 2.15.